The van der Waals surface area contributed by atoms with Gasteiger partial charge in [0.05, 0.1) is 12.5 Å². The fraction of sp³-hybridized carbons (Fsp3) is 0.727. The highest BCUT2D eigenvalue weighted by Crippen LogP contribution is 2.31. The summed E-state index contributed by atoms with van der Waals surface area (Å²) in [6.45, 7) is 3.12. The first-order valence-electron chi connectivity index (χ1n) is 11.8. The molecule has 2 fully saturated rings. The molecule has 0 unspecified atom stereocenters. The van der Waals surface area contributed by atoms with Crippen molar-refractivity contribution in [3.05, 3.63) is 11.6 Å². The Morgan fingerprint density at radius 1 is 1.30 bits per heavy atom. The summed E-state index contributed by atoms with van der Waals surface area (Å²) >= 11 is 0. The van der Waals surface area contributed by atoms with Gasteiger partial charge in [0, 0.05) is 25.6 Å². The maximum Gasteiger partial charge on any atom is 0.243 e. The Balaban J connectivity index is 1.71. The molecule has 1 saturated heterocycles. The number of hydrogen-bond acceptors (Lipinski definition) is 8. The van der Waals surface area contributed by atoms with Gasteiger partial charge in [-0.3, -0.25) is 25.6 Å². The van der Waals surface area contributed by atoms with Gasteiger partial charge in [0.25, 0.3) is 0 Å². The SMILES string of the molecule is CCc1nc(NNC(=O)[C@@H](CC2CCCC2)CN(O)C=O)c(F)c(N2CC[C@@H](N(C)C)C2)n1. The Kier molecular flexibility index (Phi) is 8.79. The number of aryl methyl sites for hydroxylation is 1. The molecule has 2 heterocycles. The smallest absolute Gasteiger partial charge is 0.243 e. The lowest BCUT2D eigenvalue weighted by atomic mass is 9.92. The predicted molar refractivity (Wildman–Crippen MR) is 122 cm³/mol. The summed E-state index contributed by atoms with van der Waals surface area (Å²) in [5, 5.41) is 10.1. The Hall–Kier alpha value is -2.53. The van der Waals surface area contributed by atoms with Crippen molar-refractivity contribution in [2.75, 3.05) is 44.1 Å². The Morgan fingerprint density at radius 2 is 2.03 bits per heavy atom. The Bertz CT molecular complexity index is 819. The van der Waals surface area contributed by atoms with Crippen LogP contribution in [0.25, 0.3) is 0 Å². The second kappa shape index (κ2) is 11.6. The molecule has 2 atom stereocenters. The number of halogens is 1. The lowest BCUT2D eigenvalue weighted by Gasteiger charge is -2.24. The van der Waals surface area contributed by atoms with Crippen LogP contribution in [0.3, 0.4) is 0 Å². The molecule has 0 aromatic carbocycles. The zero-order valence-electron chi connectivity index (χ0n) is 19.8. The van der Waals surface area contributed by atoms with Gasteiger partial charge in [0.1, 0.15) is 5.82 Å². The van der Waals surface area contributed by atoms with Gasteiger partial charge < -0.3 is 9.80 Å². The molecule has 11 heteroatoms. The average Bonchev–Trinajstić information content (AvgIpc) is 3.50. The molecular weight excluding hydrogens is 429 g/mol. The number of hydrazine groups is 1. The van der Waals surface area contributed by atoms with Crippen molar-refractivity contribution in [1.82, 2.24) is 25.4 Å². The van der Waals surface area contributed by atoms with E-state index in [0.29, 0.717) is 48.8 Å². The molecule has 2 amide bonds. The van der Waals surface area contributed by atoms with Crippen molar-refractivity contribution in [3.8, 4) is 0 Å². The van der Waals surface area contributed by atoms with Crippen molar-refractivity contribution >= 4 is 24.0 Å². The first-order valence-corrected chi connectivity index (χ1v) is 11.8. The number of likely N-dealkylation sites (N-methyl/N-ethyl adjacent to an activating group) is 1. The molecule has 1 aliphatic carbocycles. The molecule has 0 bridgehead atoms. The Labute approximate surface area is 194 Å². The predicted octanol–water partition coefficient (Wildman–Crippen LogP) is 1.81. The van der Waals surface area contributed by atoms with Gasteiger partial charge in [-0.1, -0.05) is 32.6 Å². The molecule has 0 radical (unpaired) electrons. The van der Waals surface area contributed by atoms with Crippen LogP contribution in [0.5, 0.6) is 0 Å². The molecule has 1 aromatic rings. The van der Waals surface area contributed by atoms with Crippen molar-refractivity contribution in [3.63, 3.8) is 0 Å². The van der Waals surface area contributed by atoms with Crippen LogP contribution < -0.4 is 15.8 Å². The summed E-state index contributed by atoms with van der Waals surface area (Å²) in [6.07, 6.45) is 6.55. The molecule has 3 N–H and O–H groups in total. The third kappa shape index (κ3) is 6.50. The molecule has 0 spiro atoms. The maximum atomic E-state index is 15.3. The molecule has 1 aliphatic heterocycles. The number of hydrogen-bond donors (Lipinski definition) is 3. The first kappa shape index (κ1) is 25.1. The number of nitrogens with one attached hydrogen (secondary N) is 2. The van der Waals surface area contributed by atoms with Crippen molar-refractivity contribution < 1.29 is 19.2 Å². The van der Waals surface area contributed by atoms with Gasteiger partial charge in [-0.05, 0) is 32.9 Å². The summed E-state index contributed by atoms with van der Waals surface area (Å²) < 4.78 is 15.3. The summed E-state index contributed by atoms with van der Waals surface area (Å²) in [4.78, 5) is 36.4. The Morgan fingerprint density at radius 3 is 2.64 bits per heavy atom. The summed E-state index contributed by atoms with van der Waals surface area (Å²) in [5.41, 5.74) is 5.17. The minimum absolute atomic E-state index is 0.0886. The topological polar surface area (TPSA) is 114 Å². The zero-order valence-corrected chi connectivity index (χ0v) is 19.8. The van der Waals surface area contributed by atoms with Crippen molar-refractivity contribution in [1.29, 1.82) is 0 Å². The van der Waals surface area contributed by atoms with Crippen LogP contribution in [0.1, 0.15) is 51.3 Å². The van der Waals surface area contributed by atoms with Gasteiger partial charge in [0.2, 0.25) is 18.1 Å². The summed E-state index contributed by atoms with van der Waals surface area (Å²) in [7, 11) is 4.01. The van der Waals surface area contributed by atoms with Gasteiger partial charge in [0.15, 0.2) is 11.6 Å². The highest BCUT2D eigenvalue weighted by molar-refractivity contribution is 5.80. The number of nitrogens with zero attached hydrogens (tertiary/aromatic N) is 5. The number of hydroxylamine groups is 2. The molecule has 1 saturated carbocycles. The van der Waals surface area contributed by atoms with E-state index in [1.165, 1.54) is 0 Å². The molecule has 10 nitrogen and oxygen atoms in total. The highest BCUT2D eigenvalue weighted by Gasteiger charge is 2.30. The quantitative estimate of drug-likeness (QED) is 0.258. The van der Waals surface area contributed by atoms with Gasteiger partial charge in [-0.15, -0.1) is 0 Å². The van der Waals surface area contributed by atoms with Crippen LogP contribution in [-0.4, -0.2) is 77.2 Å². The van der Waals surface area contributed by atoms with Gasteiger partial charge in [-0.25, -0.2) is 15.0 Å². The van der Waals surface area contributed by atoms with Crippen LogP contribution in [0, 0.1) is 17.7 Å². The van der Waals surface area contributed by atoms with E-state index in [2.05, 4.69) is 25.7 Å². The van der Waals surface area contributed by atoms with E-state index in [1.54, 1.807) is 0 Å². The number of carbonyl (C=O) groups excluding carboxylic acids is 2. The van der Waals surface area contributed by atoms with E-state index in [-0.39, 0.29) is 24.6 Å². The standard InChI is InChI=1S/C22H36FN7O3/c1-4-18-24-20(19(23)21(25-18)29-10-9-17(13-29)28(2)3)26-27-22(32)16(12-30(33)14-31)11-15-7-5-6-8-15/h14-17,33H,4-13H2,1-3H3,(H,27,32)(H,24,25,26)/t16-,17+/m0/s1. The van der Waals surface area contributed by atoms with E-state index >= 15 is 4.39 Å². The molecular formula is C22H36FN7O3. The van der Waals surface area contributed by atoms with Crippen LogP contribution in [0.4, 0.5) is 16.0 Å². The fourth-order valence-corrected chi connectivity index (χ4v) is 4.69. The van der Waals surface area contributed by atoms with E-state index in [4.69, 9.17) is 0 Å². The van der Waals surface area contributed by atoms with Crippen molar-refractivity contribution in [2.24, 2.45) is 11.8 Å². The third-order valence-corrected chi connectivity index (χ3v) is 6.69. The minimum Gasteiger partial charge on any atom is -0.352 e. The second-order valence-corrected chi connectivity index (χ2v) is 9.26. The number of anilines is 2. The monoisotopic (exact) mass is 465 g/mol. The van der Waals surface area contributed by atoms with E-state index < -0.39 is 17.6 Å². The van der Waals surface area contributed by atoms with Crippen LogP contribution in [0.2, 0.25) is 0 Å². The normalized spacial score (nSPS) is 19.7. The molecule has 184 valence electrons. The zero-order chi connectivity index (χ0) is 24.0. The molecule has 2 aliphatic rings. The second-order valence-electron chi connectivity index (χ2n) is 9.26. The minimum atomic E-state index is -0.620. The largest absolute Gasteiger partial charge is 0.352 e. The van der Waals surface area contributed by atoms with Crippen LogP contribution in [0.15, 0.2) is 0 Å². The summed E-state index contributed by atoms with van der Waals surface area (Å²) in [6, 6.07) is 0.316. The number of amides is 2. The third-order valence-electron chi connectivity index (χ3n) is 6.69. The highest BCUT2D eigenvalue weighted by atomic mass is 19.1. The molecule has 1 aromatic heterocycles. The van der Waals surface area contributed by atoms with Gasteiger partial charge >= 0.3 is 0 Å². The van der Waals surface area contributed by atoms with Crippen LogP contribution in [-0.2, 0) is 16.0 Å². The van der Waals surface area contributed by atoms with E-state index in [1.807, 2.05) is 25.9 Å². The average molecular weight is 466 g/mol. The van der Waals surface area contributed by atoms with Crippen LogP contribution >= 0.6 is 0 Å². The lowest BCUT2D eigenvalue weighted by molar-refractivity contribution is -0.154. The van der Waals surface area contributed by atoms with Crippen molar-refractivity contribution in [2.45, 2.75) is 57.9 Å². The lowest BCUT2D eigenvalue weighted by Crippen LogP contribution is -2.41. The summed E-state index contributed by atoms with van der Waals surface area (Å²) in [5.74, 6) is -0.672. The fourth-order valence-electron chi connectivity index (χ4n) is 4.69. The number of carbonyl (C=O) groups is 2. The van der Waals surface area contributed by atoms with E-state index in [9.17, 15) is 14.8 Å². The number of aromatic nitrogens is 2. The van der Waals surface area contributed by atoms with Gasteiger partial charge in [-0.2, -0.15) is 4.39 Å². The molecule has 33 heavy (non-hydrogen) atoms. The number of rotatable bonds is 11. The van der Waals surface area contributed by atoms with E-state index in [0.717, 1.165) is 32.1 Å². The maximum absolute atomic E-state index is 15.3. The first-order chi connectivity index (χ1) is 15.8. The molecule has 3 rings (SSSR count).